The third kappa shape index (κ3) is 2.89. The van der Waals surface area contributed by atoms with Gasteiger partial charge in [-0.25, -0.2) is 0 Å². The van der Waals surface area contributed by atoms with Gasteiger partial charge in [-0.2, -0.15) is 5.26 Å². The Labute approximate surface area is 111 Å². The molecule has 0 bridgehead atoms. The summed E-state index contributed by atoms with van der Waals surface area (Å²) in [7, 11) is 0. The monoisotopic (exact) mass is 257 g/mol. The Morgan fingerprint density at radius 1 is 1.00 bits per heavy atom. The zero-order chi connectivity index (χ0) is 13.0. The predicted octanol–water partition coefficient (Wildman–Crippen LogP) is 3.95. The predicted molar refractivity (Wildman–Crippen MR) is 72.1 cm³/mol. The molecule has 2 rings (SSSR count). The first kappa shape index (κ1) is 12.6. The first-order valence-electron chi connectivity index (χ1n) is 5.61. The van der Waals surface area contributed by atoms with Gasteiger partial charge in [0, 0.05) is 5.02 Å². The molecule has 0 amide bonds. The fourth-order valence-electron chi connectivity index (χ4n) is 1.74. The zero-order valence-corrected chi connectivity index (χ0v) is 10.4. The molecular weight excluding hydrogens is 246 g/mol. The lowest BCUT2D eigenvalue weighted by Gasteiger charge is -2.08. The number of nitriles is 1. The standard InChI is InChI=1S/C15H12ClNO/c16-14-7-5-12(6-8-14)11-1-3-13(4-2-11)15(18)9-10-17/h1-8,15,18H,9H2. The minimum absolute atomic E-state index is 0.111. The summed E-state index contributed by atoms with van der Waals surface area (Å²) in [5, 5.41) is 18.9. The van der Waals surface area contributed by atoms with Crippen molar-refractivity contribution < 1.29 is 5.11 Å². The van der Waals surface area contributed by atoms with Crippen molar-refractivity contribution in [2.24, 2.45) is 0 Å². The van der Waals surface area contributed by atoms with E-state index in [-0.39, 0.29) is 6.42 Å². The van der Waals surface area contributed by atoms with Gasteiger partial charge in [-0.15, -0.1) is 0 Å². The Kier molecular flexibility index (Phi) is 3.99. The Morgan fingerprint density at radius 3 is 2.00 bits per heavy atom. The van der Waals surface area contributed by atoms with Crippen LogP contribution in [0.15, 0.2) is 48.5 Å². The Hall–Kier alpha value is -1.82. The van der Waals surface area contributed by atoms with Crippen LogP contribution in [0.5, 0.6) is 0 Å². The van der Waals surface area contributed by atoms with Gasteiger partial charge < -0.3 is 5.11 Å². The van der Waals surface area contributed by atoms with Crippen LogP contribution >= 0.6 is 11.6 Å². The molecule has 90 valence electrons. The van der Waals surface area contributed by atoms with Crippen LogP contribution in [0.2, 0.25) is 5.02 Å². The first-order chi connectivity index (χ1) is 8.70. The molecule has 0 aliphatic rings. The smallest absolute Gasteiger partial charge is 0.0919 e. The highest BCUT2D eigenvalue weighted by Gasteiger charge is 2.06. The topological polar surface area (TPSA) is 44.0 Å². The van der Waals surface area contributed by atoms with Crippen molar-refractivity contribution in [3.63, 3.8) is 0 Å². The summed E-state index contributed by atoms with van der Waals surface area (Å²) >= 11 is 5.84. The second kappa shape index (κ2) is 5.68. The quantitative estimate of drug-likeness (QED) is 0.905. The summed E-state index contributed by atoms with van der Waals surface area (Å²) in [6.07, 6.45) is -0.602. The van der Waals surface area contributed by atoms with Crippen LogP contribution in [-0.2, 0) is 0 Å². The third-order valence-electron chi connectivity index (χ3n) is 2.76. The SMILES string of the molecule is N#CCC(O)c1ccc(-c2ccc(Cl)cc2)cc1. The van der Waals surface area contributed by atoms with Gasteiger partial charge in [-0.1, -0.05) is 48.0 Å². The maximum absolute atomic E-state index is 9.68. The molecule has 18 heavy (non-hydrogen) atoms. The van der Waals surface area contributed by atoms with Crippen molar-refractivity contribution in [3.8, 4) is 17.2 Å². The van der Waals surface area contributed by atoms with E-state index in [4.69, 9.17) is 16.9 Å². The van der Waals surface area contributed by atoms with E-state index in [1.165, 1.54) is 0 Å². The minimum Gasteiger partial charge on any atom is -0.387 e. The molecule has 0 aliphatic heterocycles. The van der Waals surface area contributed by atoms with Crippen LogP contribution in [-0.4, -0.2) is 5.11 Å². The van der Waals surface area contributed by atoms with Crippen LogP contribution in [0, 0.1) is 11.3 Å². The van der Waals surface area contributed by atoms with Crippen molar-refractivity contribution in [2.75, 3.05) is 0 Å². The van der Waals surface area contributed by atoms with E-state index in [0.29, 0.717) is 5.02 Å². The maximum Gasteiger partial charge on any atom is 0.0919 e. The molecule has 1 unspecified atom stereocenters. The van der Waals surface area contributed by atoms with Crippen LogP contribution < -0.4 is 0 Å². The van der Waals surface area contributed by atoms with Crippen molar-refractivity contribution in [1.29, 1.82) is 5.26 Å². The van der Waals surface area contributed by atoms with Gasteiger partial charge in [0.2, 0.25) is 0 Å². The summed E-state index contributed by atoms with van der Waals surface area (Å²) in [6.45, 7) is 0. The van der Waals surface area contributed by atoms with E-state index in [9.17, 15) is 5.11 Å². The number of halogens is 1. The van der Waals surface area contributed by atoms with Gasteiger partial charge >= 0.3 is 0 Å². The van der Waals surface area contributed by atoms with Gasteiger partial charge in [-0.3, -0.25) is 0 Å². The van der Waals surface area contributed by atoms with E-state index in [1.807, 2.05) is 54.6 Å². The van der Waals surface area contributed by atoms with E-state index in [2.05, 4.69) is 0 Å². The molecule has 2 aromatic rings. The molecule has 0 aromatic heterocycles. The van der Waals surface area contributed by atoms with Gasteiger partial charge in [0.25, 0.3) is 0 Å². The van der Waals surface area contributed by atoms with E-state index >= 15 is 0 Å². The largest absolute Gasteiger partial charge is 0.387 e. The molecule has 0 saturated carbocycles. The molecule has 0 heterocycles. The molecule has 1 atom stereocenters. The summed E-state index contributed by atoms with van der Waals surface area (Å²) in [5.41, 5.74) is 2.88. The van der Waals surface area contributed by atoms with Crippen molar-refractivity contribution in [1.82, 2.24) is 0 Å². The number of benzene rings is 2. The molecule has 2 nitrogen and oxygen atoms in total. The zero-order valence-electron chi connectivity index (χ0n) is 9.68. The molecule has 1 N–H and O–H groups in total. The third-order valence-corrected chi connectivity index (χ3v) is 3.01. The fraction of sp³-hybridized carbons (Fsp3) is 0.133. The van der Waals surface area contributed by atoms with Crippen molar-refractivity contribution in [3.05, 3.63) is 59.1 Å². The average molecular weight is 258 g/mol. The second-order valence-corrected chi connectivity index (χ2v) is 4.44. The summed E-state index contributed by atoms with van der Waals surface area (Å²) in [6, 6.07) is 17.1. The van der Waals surface area contributed by atoms with Gasteiger partial charge in [0.1, 0.15) is 0 Å². The number of aliphatic hydroxyl groups excluding tert-OH is 1. The summed E-state index contributed by atoms with van der Waals surface area (Å²) < 4.78 is 0. The Bertz CT molecular complexity index is 555. The van der Waals surface area contributed by atoms with Crippen molar-refractivity contribution >= 4 is 11.6 Å². The molecule has 0 spiro atoms. The van der Waals surface area contributed by atoms with Crippen LogP contribution in [0.25, 0.3) is 11.1 Å². The Balaban J connectivity index is 2.22. The molecule has 0 radical (unpaired) electrons. The highest BCUT2D eigenvalue weighted by molar-refractivity contribution is 6.30. The number of nitrogens with zero attached hydrogens (tertiary/aromatic N) is 1. The van der Waals surface area contributed by atoms with Crippen LogP contribution in [0.3, 0.4) is 0 Å². The summed E-state index contributed by atoms with van der Waals surface area (Å²) in [4.78, 5) is 0. The van der Waals surface area contributed by atoms with Gasteiger partial charge in [0.15, 0.2) is 0 Å². The van der Waals surface area contributed by atoms with Gasteiger partial charge in [-0.05, 0) is 28.8 Å². The lowest BCUT2D eigenvalue weighted by molar-refractivity contribution is 0.183. The van der Waals surface area contributed by atoms with E-state index in [1.54, 1.807) is 0 Å². The van der Waals surface area contributed by atoms with E-state index < -0.39 is 6.10 Å². The van der Waals surface area contributed by atoms with E-state index in [0.717, 1.165) is 16.7 Å². The molecule has 0 aliphatic carbocycles. The highest BCUT2D eigenvalue weighted by Crippen LogP contribution is 2.24. The normalized spacial score (nSPS) is 11.8. The van der Waals surface area contributed by atoms with Crippen molar-refractivity contribution in [2.45, 2.75) is 12.5 Å². The number of hydrogen-bond donors (Lipinski definition) is 1. The molecule has 0 fully saturated rings. The molecule has 2 aromatic carbocycles. The fourth-order valence-corrected chi connectivity index (χ4v) is 1.87. The summed E-state index contributed by atoms with van der Waals surface area (Å²) in [5.74, 6) is 0. The first-order valence-corrected chi connectivity index (χ1v) is 5.99. The molecule has 0 saturated heterocycles. The molecular formula is C15H12ClNO. The van der Waals surface area contributed by atoms with Crippen LogP contribution in [0.1, 0.15) is 18.1 Å². The highest BCUT2D eigenvalue weighted by atomic mass is 35.5. The lowest BCUT2D eigenvalue weighted by Crippen LogP contribution is -1.95. The number of hydrogen-bond acceptors (Lipinski definition) is 2. The lowest BCUT2D eigenvalue weighted by atomic mass is 10.0. The molecule has 3 heteroatoms. The number of rotatable bonds is 3. The Morgan fingerprint density at radius 2 is 1.50 bits per heavy atom. The average Bonchev–Trinajstić information content (AvgIpc) is 2.40. The second-order valence-electron chi connectivity index (χ2n) is 4.01. The number of aliphatic hydroxyl groups is 1. The van der Waals surface area contributed by atoms with Crippen LogP contribution in [0.4, 0.5) is 0 Å². The maximum atomic E-state index is 9.68. The minimum atomic E-state index is -0.714. The van der Waals surface area contributed by atoms with Gasteiger partial charge in [0.05, 0.1) is 18.6 Å².